The number of hydrogen-bond donors (Lipinski definition) is 1. The summed E-state index contributed by atoms with van der Waals surface area (Å²) in [5, 5.41) is 4.88. The van der Waals surface area contributed by atoms with Gasteiger partial charge < -0.3 is 15.0 Å². The molecule has 1 fully saturated rings. The summed E-state index contributed by atoms with van der Waals surface area (Å²) in [6, 6.07) is 20.4. The van der Waals surface area contributed by atoms with E-state index in [1.54, 1.807) is 0 Å². The van der Waals surface area contributed by atoms with Crippen LogP contribution in [0.25, 0.3) is 0 Å². The Kier molecular flexibility index (Phi) is 6.64. The fourth-order valence-corrected chi connectivity index (χ4v) is 4.20. The number of carbonyl (C=O) groups is 2. The Bertz CT molecular complexity index is 998. The van der Waals surface area contributed by atoms with Crippen molar-refractivity contribution in [1.29, 1.82) is 0 Å². The fraction of sp³-hybridized carbons (Fsp3) is 0.250. The van der Waals surface area contributed by atoms with Gasteiger partial charge in [-0.3, -0.25) is 14.5 Å². The van der Waals surface area contributed by atoms with E-state index in [2.05, 4.69) is 10.2 Å². The van der Waals surface area contributed by atoms with Gasteiger partial charge in [-0.05, 0) is 54.8 Å². The Morgan fingerprint density at radius 2 is 1.58 bits per heavy atom. The van der Waals surface area contributed by atoms with Gasteiger partial charge in [0.15, 0.2) is 0 Å². The molecule has 3 aromatic rings. The van der Waals surface area contributed by atoms with Crippen molar-refractivity contribution in [1.82, 2.24) is 9.80 Å². The first-order valence-electron chi connectivity index (χ1n) is 10.3. The van der Waals surface area contributed by atoms with Gasteiger partial charge in [-0.25, -0.2) is 0 Å². The number of nitrogens with zero attached hydrogens (tertiary/aromatic N) is 2. The molecule has 2 amide bonds. The highest BCUT2D eigenvalue weighted by molar-refractivity contribution is 7.12. The molecule has 1 N–H and O–H groups in total. The summed E-state index contributed by atoms with van der Waals surface area (Å²) in [6.07, 6.45) is 0. The molecule has 1 aromatic heterocycles. The zero-order chi connectivity index (χ0) is 21.6. The second-order valence-electron chi connectivity index (χ2n) is 7.41. The summed E-state index contributed by atoms with van der Waals surface area (Å²) >= 11 is 1.46. The third-order valence-corrected chi connectivity index (χ3v) is 6.22. The number of carbonyl (C=O) groups excluding carboxylic acids is 2. The van der Waals surface area contributed by atoms with E-state index in [0.717, 1.165) is 16.3 Å². The highest BCUT2D eigenvalue weighted by Gasteiger charge is 2.28. The first-order valence-corrected chi connectivity index (χ1v) is 11.2. The van der Waals surface area contributed by atoms with E-state index in [1.807, 2.05) is 83.9 Å². The highest BCUT2D eigenvalue weighted by atomic mass is 32.1. The van der Waals surface area contributed by atoms with E-state index in [9.17, 15) is 9.59 Å². The Morgan fingerprint density at radius 1 is 0.903 bits per heavy atom. The molecule has 0 radical (unpaired) electrons. The van der Waals surface area contributed by atoms with Gasteiger partial charge in [-0.15, -0.1) is 11.3 Å². The third kappa shape index (κ3) is 5.31. The first-order chi connectivity index (χ1) is 15.1. The van der Waals surface area contributed by atoms with E-state index < -0.39 is 0 Å². The lowest BCUT2D eigenvalue weighted by Gasteiger charge is -2.37. The molecule has 0 bridgehead atoms. The van der Waals surface area contributed by atoms with Gasteiger partial charge in [0.2, 0.25) is 5.91 Å². The van der Waals surface area contributed by atoms with Gasteiger partial charge in [0, 0.05) is 31.9 Å². The molecule has 0 saturated carbocycles. The number of piperazine rings is 1. The van der Waals surface area contributed by atoms with Gasteiger partial charge in [0.1, 0.15) is 11.5 Å². The molecule has 0 spiro atoms. The molecule has 4 rings (SSSR count). The quantitative estimate of drug-likeness (QED) is 0.626. The van der Waals surface area contributed by atoms with Crippen LogP contribution >= 0.6 is 11.3 Å². The molecule has 0 unspecified atom stereocenters. The van der Waals surface area contributed by atoms with Crippen molar-refractivity contribution in [2.45, 2.75) is 13.0 Å². The van der Waals surface area contributed by atoms with E-state index in [0.29, 0.717) is 31.9 Å². The Balaban J connectivity index is 1.27. The van der Waals surface area contributed by atoms with Crippen LogP contribution < -0.4 is 10.1 Å². The summed E-state index contributed by atoms with van der Waals surface area (Å²) in [5.41, 5.74) is 0.726. The average Bonchev–Trinajstić information content (AvgIpc) is 3.35. The maximum absolute atomic E-state index is 12.7. The Morgan fingerprint density at radius 3 is 2.23 bits per heavy atom. The monoisotopic (exact) mass is 435 g/mol. The number of thiophene rings is 1. The van der Waals surface area contributed by atoms with Crippen molar-refractivity contribution in [3.63, 3.8) is 0 Å². The van der Waals surface area contributed by atoms with Crippen LogP contribution in [-0.2, 0) is 4.79 Å². The SMILES string of the molecule is C[C@@H](C(=O)Nc1ccc(Oc2ccccc2)cc1)N1CCN(C(=O)c2cccs2)CC1. The lowest BCUT2D eigenvalue weighted by Crippen LogP contribution is -2.53. The number of amides is 2. The van der Waals surface area contributed by atoms with Crippen LogP contribution in [0.4, 0.5) is 5.69 Å². The molecule has 1 atom stereocenters. The minimum Gasteiger partial charge on any atom is -0.457 e. The van der Waals surface area contributed by atoms with E-state index >= 15 is 0 Å². The molecule has 1 aliphatic rings. The topological polar surface area (TPSA) is 61.9 Å². The van der Waals surface area contributed by atoms with Crippen LogP contribution in [-0.4, -0.2) is 53.8 Å². The highest BCUT2D eigenvalue weighted by Crippen LogP contribution is 2.23. The van der Waals surface area contributed by atoms with E-state index in [-0.39, 0.29) is 17.9 Å². The second-order valence-corrected chi connectivity index (χ2v) is 8.36. The van der Waals surface area contributed by atoms with Gasteiger partial charge in [0.25, 0.3) is 5.91 Å². The molecule has 6 nitrogen and oxygen atoms in total. The number of para-hydroxylation sites is 1. The predicted octanol–water partition coefficient (Wildman–Crippen LogP) is 4.33. The van der Waals surface area contributed by atoms with Crippen LogP contribution in [0, 0.1) is 0 Å². The number of rotatable bonds is 6. The second kappa shape index (κ2) is 9.76. The smallest absolute Gasteiger partial charge is 0.264 e. The molecule has 2 heterocycles. The summed E-state index contributed by atoms with van der Waals surface area (Å²) in [7, 11) is 0. The molecular weight excluding hydrogens is 410 g/mol. The van der Waals surface area contributed by atoms with Crippen LogP contribution in [0.2, 0.25) is 0 Å². The molecule has 1 aliphatic heterocycles. The molecule has 2 aromatic carbocycles. The maximum Gasteiger partial charge on any atom is 0.264 e. The van der Waals surface area contributed by atoms with E-state index in [1.165, 1.54) is 11.3 Å². The minimum atomic E-state index is -0.278. The van der Waals surface area contributed by atoms with Crippen LogP contribution in [0.5, 0.6) is 11.5 Å². The normalized spacial score (nSPS) is 15.3. The average molecular weight is 436 g/mol. The minimum absolute atomic E-state index is 0.0604. The molecule has 31 heavy (non-hydrogen) atoms. The van der Waals surface area contributed by atoms with Crippen molar-refractivity contribution in [3.05, 3.63) is 77.0 Å². The van der Waals surface area contributed by atoms with Crippen molar-refractivity contribution >= 4 is 28.8 Å². The van der Waals surface area contributed by atoms with Crippen molar-refractivity contribution in [2.75, 3.05) is 31.5 Å². The zero-order valence-electron chi connectivity index (χ0n) is 17.4. The zero-order valence-corrected chi connectivity index (χ0v) is 18.2. The van der Waals surface area contributed by atoms with Gasteiger partial charge in [0.05, 0.1) is 10.9 Å². The van der Waals surface area contributed by atoms with Crippen LogP contribution in [0.1, 0.15) is 16.6 Å². The van der Waals surface area contributed by atoms with Gasteiger partial charge in [-0.1, -0.05) is 24.3 Å². The fourth-order valence-electron chi connectivity index (χ4n) is 3.51. The largest absolute Gasteiger partial charge is 0.457 e. The standard InChI is InChI=1S/C24H25N3O3S/c1-18(26-13-15-27(16-14-26)24(29)22-8-5-17-31-22)23(28)25-19-9-11-21(12-10-19)30-20-6-3-2-4-7-20/h2-12,17-18H,13-16H2,1H3,(H,25,28)/t18-/m0/s1. The summed E-state index contributed by atoms with van der Waals surface area (Å²) in [5.74, 6) is 1.49. The van der Waals surface area contributed by atoms with Crippen molar-refractivity contribution in [3.8, 4) is 11.5 Å². The lowest BCUT2D eigenvalue weighted by atomic mass is 10.2. The van der Waals surface area contributed by atoms with E-state index in [4.69, 9.17) is 4.74 Å². The van der Waals surface area contributed by atoms with Crippen LogP contribution in [0.3, 0.4) is 0 Å². The number of benzene rings is 2. The molecule has 1 saturated heterocycles. The van der Waals surface area contributed by atoms with Gasteiger partial charge >= 0.3 is 0 Å². The third-order valence-electron chi connectivity index (χ3n) is 5.36. The first kappa shape index (κ1) is 21.1. The number of ether oxygens (including phenoxy) is 1. The molecule has 160 valence electrons. The molecular formula is C24H25N3O3S. The Labute approximate surface area is 186 Å². The Hall–Kier alpha value is -3.16. The van der Waals surface area contributed by atoms with Crippen molar-refractivity contribution in [2.24, 2.45) is 0 Å². The van der Waals surface area contributed by atoms with Crippen molar-refractivity contribution < 1.29 is 14.3 Å². The summed E-state index contributed by atoms with van der Waals surface area (Å²) in [6.45, 7) is 4.50. The lowest BCUT2D eigenvalue weighted by molar-refractivity contribution is -0.121. The molecule has 7 heteroatoms. The number of hydrogen-bond acceptors (Lipinski definition) is 5. The number of anilines is 1. The van der Waals surface area contributed by atoms with Crippen LogP contribution in [0.15, 0.2) is 72.1 Å². The van der Waals surface area contributed by atoms with Gasteiger partial charge in [-0.2, -0.15) is 0 Å². The predicted molar refractivity (Wildman–Crippen MR) is 123 cm³/mol. The maximum atomic E-state index is 12.7. The number of nitrogens with one attached hydrogen (secondary N) is 1. The molecule has 0 aliphatic carbocycles. The summed E-state index contributed by atoms with van der Waals surface area (Å²) in [4.78, 5) is 29.9. The summed E-state index contributed by atoms with van der Waals surface area (Å²) < 4.78 is 5.78.